The van der Waals surface area contributed by atoms with Crippen molar-refractivity contribution in [3.63, 3.8) is 0 Å². The van der Waals surface area contributed by atoms with E-state index in [2.05, 4.69) is 20.6 Å². The van der Waals surface area contributed by atoms with E-state index in [1.165, 1.54) is 53.2 Å². The van der Waals surface area contributed by atoms with Gasteiger partial charge in [-0.05, 0) is 59.7 Å². The van der Waals surface area contributed by atoms with Crippen LogP contribution in [0.25, 0.3) is 0 Å². The number of nitro benzene ring substituents is 1. The molecular formula is C29H26FN7O5S. The van der Waals surface area contributed by atoms with Crippen molar-refractivity contribution in [3.8, 4) is 5.75 Å². The number of aromatic nitrogens is 3. The number of ether oxygens (including phenoxy) is 1. The van der Waals surface area contributed by atoms with Gasteiger partial charge in [0, 0.05) is 31.2 Å². The summed E-state index contributed by atoms with van der Waals surface area (Å²) in [6.07, 6.45) is 0.455. The Hall–Kier alpha value is -5.11. The van der Waals surface area contributed by atoms with Gasteiger partial charge in [0.25, 0.3) is 17.5 Å². The minimum Gasteiger partial charge on any atom is -0.497 e. The smallest absolute Gasteiger partial charge is 0.269 e. The summed E-state index contributed by atoms with van der Waals surface area (Å²) in [5.74, 6) is 0.116. The third-order valence-electron chi connectivity index (χ3n) is 6.84. The van der Waals surface area contributed by atoms with Gasteiger partial charge in [0.2, 0.25) is 0 Å². The van der Waals surface area contributed by atoms with E-state index in [9.17, 15) is 24.1 Å². The van der Waals surface area contributed by atoms with E-state index in [0.29, 0.717) is 23.2 Å². The number of nitrogens with one attached hydrogen (secondary N) is 1. The molecule has 0 fully saturated rings. The Labute approximate surface area is 249 Å². The predicted octanol–water partition coefficient (Wildman–Crippen LogP) is 4.27. The topological polar surface area (TPSA) is 145 Å². The normalized spacial score (nSPS) is 14.3. The molecular weight excluding hydrogens is 577 g/mol. The van der Waals surface area contributed by atoms with Crippen molar-refractivity contribution in [2.75, 3.05) is 12.9 Å². The molecule has 0 aliphatic carbocycles. The number of halogens is 1. The Balaban J connectivity index is 1.25. The molecule has 2 heterocycles. The predicted molar refractivity (Wildman–Crippen MR) is 156 cm³/mol. The molecule has 4 aromatic rings. The number of hydrogen-bond acceptors (Lipinski definition) is 9. The minimum absolute atomic E-state index is 0.0121. The van der Waals surface area contributed by atoms with Crippen molar-refractivity contribution in [1.29, 1.82) is 0 Å². The number of benzene rings is 3. The molecule has 1 aromatic heterocycles. The lowest BCUT2D eigenvalue weighted by Crippen LogP contribution is -2.28. The van der Waals surface area contributed by atoms with Gasteiger partial charge in [-0.1, -0.05) is 23.9 Å². The molecule has 0 spiro atoms. The van der Waals surface area contributed by atoms with Crippen molar-refractivity contribution < 1.29 is 23.6 Å². The zero-order valence-electron chi connectivity index (χ0n) is 23.1. The summed E-state index contributed by atoms with van der Waals surface area (Å²) in [5.41, 5.74) is 2.49. The number of carbonyl (C=O) groups is 2. The highest BCUT2D eigenvalue weighted by Gasteiger charge is 2.33. The molecule has 0 saturated carbocycles. The average Bonchev–Trinajstić information content (AvgIpc) is 3.63. The van der Waals surface area contributed by atoms with Crippen molar-refractivity contribution >= 4 is 35.0 Å². The number of carbonyl (C=O) groups excluding carboxylic acids is 2. The SMILES string of the molecule is COc1ccc(C2=NN(C(=O)CSc3nnc(CNC(=O)c4ccc([N+](=O)[O-])cc4)n3C)C(c3ccc(F)cc3)C2)cc1. The number of nitrogens with zero attached hydrogens (tertiary/aromatic N) is 6. The third-order valence-corrected chi connectivity index (χ3v) is 7.85. The molecule has 5 rings (SSSR count). The van der Waals surface area contributed by atoms with Gasteiger partial charge in [-0.25, -0.2) is 9.40 Å². The molecule has 2 amide bonds. The van der Waals surface area contributed by atoms with E-state index in [-0.39, 0.29) is 35.3 Å². The molecule has 14 heteroatoms. The molecule has 1 aliphatic heterocycles. The quantitative estimate of drug-likeness (QED) is 0.161. The van der Waals surface area contributed by atoms with Gasteiger partial charge in [0.1, 0.15) is 11.6 Å². The van der Waals surface area contributed by atoms with Crippen LogP contribution in [0.15, 0.2) is 83.1 Å². The summed E-state index contributed by atoms with van der Waals surface area (Å²) in [6.45, 7) is 0.0576. The number of thioether (sulfide) groups is 1. The first-order valence-electron chi connectivity index (χ1n) is 13.1. The van der Waals surface area contributed by atoms with Crippen LogP contribution in [0, 0.1) is 15.9 Å². The standard InChI is InChI=1S/C29H26FN7O5S/c1-35-26(16-31-28(39)20-5-11-22(12-6-20)37(40)41)32-33-29(35)43-17-27(38)36-25(19-3-9-21(30)10-4-19)15-24(34-36)18-7-13-23(42-2)14-8-18/h3-14,25H,15-17H2,1-2H3,(H,31,39). The number of methoxy groups -OCH3 is 1. The van der Waals surface area contributed by atoms with Crippen LogP contribution in [0.1, 0.15) is 39.8 Å². The van der Waals surface area contributed by atoms with Gasteiger partial charge in [-0.15, -0.1) is 10.2 Å². The van der Waals surface area contributed by atoms with E-state index < -0.39 is 16.9 Å². The van der Waals surface area contributed by atoms with E-state index in [1.807, 2.05) is 24.3 Å². The van der Waals surface area contributed by atoms with Crippen molar-refractivity contribution in [2.24, 2.45) is 12.1 Å². The van der Waals surface area contributed by atoms with E-state index in [4.69, 9.17) is 4.74 Å². The first kappa shape index (κ1) is 29.4. The van der Waals surface area contributed by atoms with Gasteiger partial charge < -0.3 is 14.6 Å². The lowest BCUT2D eigenvalue weighted by Gasteiger charge is -2.22. The molecule has 0 radical (unpaired) electrons. The van der Waals surface area contributed by atoms with Gasteiger partial charge in [0.05, 0.1) is 36.1 Å². The molecule has 0 bridgehead atoms. The summed E-state index contributed by atoms with van der Waals surface area (Å²) in [4.78, 5) is 36.2. The van der Waals surface area contributed by atoms with Crippen LogP contribution in [0.4, 0.5) is 10.1 Å². The molecule has 0 saturated heterocycles. The van der Waals surface area contributed by atoms with Crippen molar-refractivity contribution in [3.05, 3.63) is 111 Å². The van der Waals surface area contributed by atoms with E-state index in [0.717, 1.165) is 16.8 Å². The molecule has 1 atom stereocenters. The summed E-state index contributed by atoms with van der Waals surface area (Å²) in [6, 6.07) is 18.3. The number of rotatable bonds is 10. The highest BCUT2D eigenvalue weighted by Crippen LogP contribution is 2.34. The van der Waals surface area contributed by atoms with Crippen molar-refractivity contribution in [1.82, 2.24) is 25.1 Å². The molecule has 1 N–H and O–H groups in total. The molecule has 220 valence electrons. The second-order valence-corrected chi connectivity index (χ2v) is 10.5. The Kier molecular flexibility index (Phi) is 8.76. The molecule has 43 heavy (non-hydrogen) atoms. The maximum atomic E-state index is 13.6. The summed E-state index contributed by atoms with van der Waals surface area (Å²) in [5, 5.41) is 28.4. The van der Waals surface area contributed by atoms with Gasteiger partial charge in [-0.3, -0.25) is 19.7 Å². The Morgan fingerprint density at radius 2 is 1.77 bits per heavy atom. The average molecular weight is 604 g/mol. The van der Waals surface area contributed by atoms with Crippen LogP contribution in [-0.4, -0.2) is 55.1 Å². The zero-order valence-corrected chi connectivity index (χ0v) is 24.0. The van der Waals surface area contributed by atoms with E-state index in [1.54, 1.807) is 30.9 Å². The Morgan fingerprint density at radius 3 is 2.42 bits per heavy atom. The van der Waals surface area contributed by atoms with Crippen molar-refractivity contribution in [2.45, 2.75) is 24.2 Å². The molecule has 1 aliphatic rings. The van der Waals surface area contributed by atoms with Crippen LogP contribution in [-0.2, 0) is 18.4 Å². The van der Waals surface area contributed by atoms with Gasteiger partial charge in [0.15, 0.2) is 11.0 Å². The Bertz CT molecular complexity index is 1680. The molecule has 1 unspecified atom stereocenters. The Morgan fingerprint density at radius 1 is 1.07 bits per heavy atom. The highest BCUT2D eigenvalue weighted by atomic mass is 32.2. The first-order chi connectivity index (χ1) is 20.7. The second-order valence-electron chi connectivity index (χ2n) is 9.52. The van der Waals surface area contributed by atoms with Crippen LogP contribution in [0.5, 0.6) is 5.75 Å². The van der Waals surface area contributed by atoms with Crippen LogP contribution >= 0.6 is 11.8 Å². The highest BCUT2D eigenvalue weighted by molar-refractivity contribution is 7.99. The van der Waals surface area contributed by atoms with Crippen LogP contribution in [0.2, 0.25) is 0 Å². The number of hydrogen-bond donors (Lipinski definition) is 1. The summed E-state index contributed by atoms with van der Waals surface area (Å²) in [7, 11) is 3.31. The lowest BCUT2D eigenvalue weighted by atomic mass is 9.98. The van der Waals surface area contributed by atoms with Crippen LogP contribution in [0.3, 0.4) is 0 Å². The fourth-order valence-corrected chi connectivity index (χ4v) is 5.24. The van der Waals surface area contributed by atoms with Crippen LogP contribution < -0.4 is 10.1 Å². The summed E-state index contributed by atoms with van der Waals surface area (Å²) < 4.78 is 20.5. The third kappa shape index (κ3) is 6.70. The van der Waals surface area contributed by atoms with Gasteiger partial charge in [-0.2, -0.15) is 5.10 Å². The largest absolute Gasteiger partial charge is 0.497 e. The molecule has 3 aromatic carbocycles. The maximum absolute atomic E-state index is 13.6. The fraction of sp³-hybridized carbons (Fsp3) is 0.207. The number of hydrazone groups is 1. The monoisotopic (exact) mass is 603 g/mol. The van der Waals surface area contributed by atoms with E-state index >= 15 is 0 Å². The molecule has 12 nitrogen and oxygen atoms in total. The summed E-state index contributed by atoms with van der Waals surface area (Å²) >= 11 is 1.18. The number of amides is 2. The first-order valence-corrected chi connectivity index (χ1v) is 14.0. The van der Waals surface area contributed by atoms with Gasteiger partial charge >= 0.3 is 0 Å². The zero-order chi connectivity index (χ0) is 30.5. The number of non-ortho nitro benzene ring substituents is 1. The fourth-order valence-electron chi connectivity index (χ4n) is 4.46. The maximum Gasteiger partial charge on any atom is 0.269 e. The minimum atomic E-state index is -0.538. The second kappa shape index (κ2) is 12.8. The number of nitro groups is 1. The lowest BCUT2D eigenvalue weighted by molar-refractivity contribution is -0.384.